The first kappa shape index (κ1) is 13.0. The first-order valence-electron chi connectivity index (χ1n) is 5.28. The molecule has 0 saturated carbocycles. The summed E-state index contributed by atoms with van der Waals surface area (Å²) in [5.74, 6) is 0.674. The van der Waals surface area contributed by atoms with Crippen molar-refractivity contribution in [3.05, 3.63) is 34.2 Å². The molecule has 1 aliphatic rings. The molecular formula is C12H13ClO2S2. The minimum Gasteiger partial charge on any atom is -0.219 e. The molecule has 0 saturated heterocycles. The van der Waals surface area contributed by atoms with Crippen LogP contribution in [-0.2, 0) is 9.84 Å². The Morgan fingerprint density at radius 2 is 2.06 bits per heavy atom. The number of halogens is 1. The number of sulfone groups is 1. The lowest BCUT2D eigenvalue weighted by atomic mass is 10.1. The van der Waals surface area contributed by atoms with E-state index in [1.54, 1.807) is 30.0 Å². The summed E-state index contributed by atoms with van der Waals surface area (Å²) in [5.41, 5.74) is 1.49. The van der Waals surface area contributed by atoms with E-state index in [4.69, 9.17) is 11.6 Å². The van der Waals surface area contributed by atoms with Crippen molar-refractivity contribution >= 4 is 38.8 Å². The van der Waals surface area contributed by atoms with Gasteiger partial charge in [-0.15, -0.1) is 0 Å². The molecule has 0 amide bonds. The van der Waals surface area contributed by atoms with Crippen LogP contribution >= 0.6 is 23.4 Å². The van der Waals surface area contributed by atoms with Gasteiger partial charge in [0.15, 0.2) is 0 Å². The highest BCUT2D eigenvalue weighted by molar-refractivity contribution is 8.00. The smallest absolute Gasteiger partial charge is 0.200 e. The second kappa shape index (κ2) is 4.67. The van der Waals surface area contributed by atoms with E-state index < -0.39 is 9.84 Å². The Kier molecular flexibility index (Phi) is 3.57. The van der Waals surface area contributed by atoms with Crippen molar-refractivity contribution in [1.82, 2.24) is 0 Å². The highest BCUT2D eigenvalue weighted by Gasteiger charge is 2.28. The molecule has 1 heterocycles. The maximum Gasteiger partial charge on any atom is 0.200 e. The first-order chi connectivity index (χ1) is 7.92. The first-order valence-corrected chi connectivity index (χ1v) is 8.25. The lowest BCUT2D eigenvalue weighted by Crippen LogP contribution is -1.94. The van der Waals surface area contributed by atoms with Crippen molar-refractivity contribution < 1.29 is 8.42 Å². The second-order valence-corrected chi connectivity index (χ2v) is 7.90. The van der Waals surface area contributed by atoms with Gasteiger partial charge in [-0.3, -0.25) is 0 Å². The zero-order valence-electron chi connectivity index (χ0n) is 9.60. The summed E-state index contributed by atoms with van der Waals surface area (Å²) in [6.07, 6.45) is 0. The van der Waals surface area contributed by atoms with Crippen molar-refractivity contribution in [3.63, 3.8) is 0 Å². The highest BCUT2D eigenvalue weighted by atomic mass is 35.5. The Morgan fingerprint density at radius 3 is 2.71 bits per heavy atom. The van der Waals surface area contributed by atoms with Gasteiger partial charge in [-0.2, -0.15) is 11.8 Å². The summed E-state index contributed by atoms with van der Waals surface area (Å²) in [7, 11) is -3.28. The maximum atomic E-state index is 11.9. The normalized spacial score (nSPS) is 17.1. The molecule has 0 unspecified atom stereocenters. The molecule has 2 nitrogen and oxygen atoms in total. The van der Waals surface area contributed by atoms with Crippen molar-refractivity contribution in [2.24, 2.45) is 0 Å². The Labute approximate surface area is 111 Å². The molecule has 5 heteroatoms. The van der Waals surface area contributed by atoms with Crippen LogP contribution in [0.25, 0.3) is 5.57 Å². The van der Waals surface area contributed by atoms with Crippen molar-refractivity contribution in [2.75, 3.05) is 5.75 Å². The van der Waals surface area contributed by atoms with Gasteiger partial charge in [0, 0.05) is 21.7 Å². The van der Waals surface area contributed by atoms with Crippen LogP contribution < -0.4 is 0 Å². The molecule has 0 aliphatic carbocycles. The van der Waals surface area contributed by atoms with Crippen molar-refractivity contribution in [1.29, 1.82) is 0 Å². The van der Waals surface area contributed by atoms with E-state index >= 15 is 0 Å². The van der Waals surface area contributed by atoms with Crippen LogP contribution in [0.4, 0.5) is 0 Å². The van der Waals surface area contributed by atoms with Gasteiger partial charge in [0.1, 0.15) is 0 Å². The molecule has 0 spiro atoms. The van der Waals surface area contributed by atoms with Crippen LogP contribution in [0.5, 0.6) is 0 Å². The van der Waals surface area contributed by atoms with Crippen LogP contribution in [0.1, 0.15) is 19.4 Å². The van der Waals surface area contributed by atoms with Gasteiger partial charge in [0.05, 0.1) is 4.90 Å². The van der Waals surface area contributed by atoms with E-state index in [1.165, 1.54) is 5.41 Å². The summed E-state index contributed by atoms with van der Waals surface area (Å²) in [4.78, 5) is 0.337. The Hall–Kier alpha value is -0.450. The molecule has 0 fully saturated rings. The predicted octanol–water partition coefficient (Wildman–Crippen LogP) is 3.61. The lowest BCUT2D eigenvalue weighted by molar-refractivity contribution is 0.605. The van der Waals surface area contributed by atoms with Gasteiger partial charge in [-0.1, -0.05) is 31.5 Å². The molecule has 1 aliphatic heterocycles. The molecule has 17 heavy (non-hydrogen) atoms. The number of hydrogen-bond donors (Lipinski definition) is 0. The molecule has 0 atom stereocenters. The van der Waals surface area contributed by atoms with E-state index in [9.17, 15) is 8.42 Å². The summed E-state index contributed by atoms with van der Waals surface area (Å²) in [5, 5.41) is 2.32. The lowest BCUT2D eigenvalue weighted by Gasteiger charge is -2.08. The third-order valence-corrected chi connectivity index (χ3v) is 5.48. The van der Waals surface area contributed by atoms with Gasteiger partial charge >= 0.3 is 0 Å². The largest absolute Gasteiger partial charge is 0.219 e. The summed E-state index contributed by atoms with van der Waals surface area (Å²) >= 11 is 7.80. The van der Waals surface area contributed by atoms with Gasteiger partial charge in [0.2, 0.25) is 9.84 Å². The molecule has 1 aromatic carbocycles. The number of thioether (sulfide) groups is 1. The Balaban J connectivity index is 2.45. The van der Waals surface area contributed by atoms with Crippen molar-refractivity contribution in [3.8, 4) is 0 Å². The molecular weight excluding hydrogens is 276 g/mol. The minimum atomic E-state index is -3.28. The average molecular weight is 289 g/mol. The number of rotatable bonds is 3. The molecule has 0 aromatic heterocycles. The molecule has 92 valence electrons. The van der Waals surface area contributed by atoms with Crippen LogP contribution in [0.15, 0.2) is 28.5 Å². The van der Waals surface area contributed by atoms with Gasteiger partial charge in [-0.05, 0) is 23.0 Å². The molecule has 2 rings (SSSR count). The van der Waals surface area contributed by atoms with Gasteiger partial charge < -0.3 is 0 Å². The third-order valence-electron chi connectivity index (χ3n) is 2.47. The summed E-state index contributed by atoms with van der Waals surface area (Å²) < 4.78 is 23.8. The van der Waals surface area contributed by atoms with E-state index in [1.807, 2.05) is 0 Å². The SMILES string of the molecule is CC(C)SCC1=CS(=O)(=O)c2cccc(Cl)c21. The number of hydrogen-bond acceptors (Lipinski definition) is 3. The summed E-state index contributed by atoms with van der Waals surface area (Å²) in [6, 6.07) is 5.01. The fraction of sp³-hybridized carbons (Fsp3) is 0.333. The van der Waals surface area contributed by atoms with E-state index in [2.05, 4.69) is 13.8 Å². The highest BCUT2D eigenvalue weighted by Crippen LogP contribution is 2.39. The molecule has 0 bridgehead atoms. The Bertz CT molecular complexity index is 574. The van der Waals surface area contributed by atoms with E-state index in [-0.39, 0.29) is 0 Å². The summed E-state index contributed by atoms with van der Waals surface area (Å²) in [6.45, 7) is 4.17. The quantitative estimate of drug-likeness (QED) is 0.852. The van der Waals surface area contributed by atoms with Crippen LogP contribution in [0, 0.1) is 0 Å². The van der Waals surface area contributed by atoms with Gasteiger partial charge in [0.25, 0.3) is 0 Å². The number of benzene rings is 1. The van der Waals surface area contributed by atoms with Gasteiger partial charge in [-0.25, -0.2) is 8.42 Å². The number of fused-ring (bicyclic) bond motifs is 1. The maximum absolute atomic E-state index is 11.9. The second-order valence-electron chi connectivity index (χ2n) is 4.16. The van der Waals surface area contributed by atoms with Crippen LogP contribution in [-0.4, -0.2) is 19.4 Å². The average Bonchev–Trinajstić information content (AvgIpc) is 2.49. The van der Waals surface area contributed by atoms with E-state index in [0.29, 0.717) is 26.5 Å². The predicted molar refractivity (Wildman–Crippen MR) is 74.2 cm³/mol. The Morgan fingerprint density at radius 1 is 1.35 bits per heavy atom. The molecule has 0 N–H and O–H groups in total. The minimum absolute atomic E-state index is 0.337. The molecule has 0 radical (unpaired) electrons. The topological polar surface area (TPSA) is 34.1 Å². The standard InChI is InChI=1S/C12H13ClO2S2/c1-8(2)16-6-9-7-17(14,15)11-5-3-4-10(13)12(9)11/h3-5,7-8H,6H2,1-2H3. The van der Waals surface area contributed by atoms with Crippen LogP contribution in [0.3, 0.4) is 0 Å². The van der Waals surface area contributed by atoms with E-state index in [0.717, 1.165) is 5.57 Å². The molecule has 1 aromatic rings. The monoisotopic (exact) mass is 288 g/mol. The van der Waals surface area contributed by atoms with Crippen molar-refractivity contribution in [2.45, 2.75) is 24.0 Å². The zero-order chi connectivity index (χ0) is 12.6. The zero-order valence-corrected chi connectivity index (χ0v) is 12.0. The fourth-order valence-electron chi connectivity index (χ4n) is 1.73. The fourth-order valence-corrected chi connectivity index (χ4v) is 4.42. The van der Waals surface area contributed by atoms with Crippen LogP contribution in [0.2, 0.25) is 5.02 Å². The third kappa shape index (κ3) is 2.54.